The number of benzene rings is 1. The van der Waals surface area contributed by atoms with Crippen molar-refractivity contribution in [3.63, 3.8) is 0 Å². The average Bonchev–Trinajstić information content (AvgIpc) is 2.81. The molecule has 2 saturated heterocycles. The Balaban J connectivity index is 1.67. The lowest BCUT2D eigenvalue weighted by Gasteiger charge is -2.32. The van der Waals surface area contributed by atoms with Crippen molar-refractivity contribution < 1.29 is 14.1 Å². The molecule has 1 amide bonds. The quantitative estimate of drug-likeness (QED) is 0.763. The number of carbonyl (C=O) groups is 1. The van der Waals surface area contributed by atoms with Crippen molar-refractivity contribution in [1.29, 1.82) is 0 Å². The predicted molar refractivity (Wildman–Crippen MR) is 90.9 cm³/mol. The average molecular weight is 316 g/mol. The van der Waals surface area contributed by atoms with Crippen molar-refractivity contribution in [3.05, 3.63) is 29.8 Å². The van der Waals surface area contributed by atoms with Crippen LogP contribution in [0.15, 0.2) is 24.3 Å². The third-order valence-electron chi connectivity index (χ3n) is 4.94. The topological polar surface area (TPSA) is 42.0 Å². The highest BCUT2D eigenvalue weighted by molar-refractivity contribution is 6.62. The zero-order chi connectivity index (χ0) is 16.6. The Hall–Kier alpha value is -1.37. The summed E-state index contributed by atoms with van der Waals surface area (Å²) in [7, 11) is 1.73. The fourth-order valence-electron chi connectivity index (χ4n) is 2.87. The molecular formula is C17H25BN2O3. The number of nitrogens with zero attached hydrogens (tertiary/aromatic N) is 2. The van der Waals surface area contributed by atoms with Crippen molar-refractivity contribution in [3.8, 4) is 0 Å². The Bertz CT molecular complexity index is 568. The van der Waals surface area contributed by atoms with Gasteiger partial charge in [0, 0.05) is 31.7 Å². The molecular weight excluding hydrogens is 291 g/mol. The minimum Gasteiger partial charge on any atom is -0.402 e. The number of likely N-dealkylation sites (N-methyl/N-ethyl adjacent to an activating group) is 1. The van der Waals surface area contributed by atoms with Crippen molar-refractivity contribution in [2.45, 2.75) is 32.5 Å². The molecule has 1 aromatic rings. The molecule has 0 radical (unpaired) electrons. The zero-order valence-electron chi connectivity index (χ0n) is 14.4. The summed E-state index contributed by atoms with van der Waals surface area (Å²) < 4.78 is 11.8. The highest BCUT2D eigenvalue weighted by atomic mass is 16.7. The fraction of sp³-hybridized carbons (Fsp3) is 0.588. The lowest BCUT2D eigenvalue weighted by molar-refractivity contribution is 0.0664. The van der Waals surface area contributed by atoms with E-state index in [1.807, 2.05) is 49.9 Å². The van der Waals surface area contributed by atoms with Gasteiger partial charge in [-0.15, -0.1) is 0 Å². The predicted octanol–water partition coefficient (Wildman–Crippen LogP) is 0.983. The van der Waals surface area contributed by atoms with Crippen LogP contribution in [-0.2, 0) is 9.31 Å². The number of amides is 1. The molecule has 124 valence electrons. The van der Waals surface area contributed by atoms with Crippen molar-refractivity contribution in [1.82, 2.24) is 9.80 Å². The fourth-order valence-corrected chi connectivity index (χ4v) is 2.87. The normalized spacial score (nSPS) is 25.0. The van der Waals surface area contributed by atoms with E-state index in [1.165, 1.54) is 0 Å². The molecule has 3 rings (SSSR count). The highest BCUT2D eigenvalue weighted by Crippen LogP contribution is 2.26. The number of carbonyl (C=O) groups excluding carboxylic acids is 1. The van der Waals surface area contributed by atoms with Gasteiger partial charge in [-0.05, 0) is 45.4 Å². The highest BCUT2D eigenvalue weighted by Gasteiger charge is 2.43. The zero-order valence-corrected chi connectivity index (χ0v) is 14.4. The lowest BCUT2D eigenvalue weighted by Crippen LogP contribution is -2.47. The number of rotatable bonds is 2. The summed E-state index contributed by atoms with van der Waals surface area (Å²) in [5.74, 6) is 0.103. The molecule has 23 heavy (non-hydrogen) atoms. The van der Waals surface area contributed by atoms with Gasteiger partial charge < -0.3 is 19.1 Å². The first-order chi connectivity index (χ1) is 10.9. The summed E-state index contributed by atoms with van der Waals surface area (Å²) in [5.41, 5.74) is 1.39. The standard InChI is InChI=1S/C17H25BN2O3/c1-13-17(2,3)23-18(22-13)15-7-5-14(6-8-15)16(21)20-11-9-19(4)10-12-20/h5-8,13H,9-12H2,1-4H3. The lowest BCUT2D eigenvalue weighted by atomic mass is 9.79. The smallest absolute Gasteiger partial charge is 0.402 e. The van der Waals surface area contributed by atoms with Gasteiger partial charge in [-0.3, -0.25) is 4.79 Å². The Labute approximate surface area is 138 Å². The van der Waals surface area contributed by atoms with E-state index >= 15 is 0 Å². The van der Waals surface area contributed by atoms with Gasteiger partial charge in [-0.25, -0.2) is 0 Å². The van der Waals surface area contributed by atoms with Gasteiger partial charge in [0.2, 0.25) is 0 Å². The molecule has 0 aromatic heterocycles. The summed E-state index contributed by atoms with van der Waals surface area (Å²) in [6.07, 6.45) is 0.0409. The van der Waals surface area contributed by atoms with Crippen LogP contribution in [-0.4, -0.2) is 67.8 Å². The van der Waals surface area contributed by atoms with Gasteiger partial charge in [0.05, 0.1) is 11.7 Å². The maximum atomic E-state index is 12.5. The Morgan fingerprint density at radius 3 is 2.30 bits per heavy atom. The molecule has 0 bridgehead atoms. The summed E-state index contributed by atoms with van der Waals surface area (Å²) in [6, 6.07) is 7.61. The van der Waals surface area contributed by atoms with Crippen molar-refractivity contribution >= 4 is 18.5 Å². The summed E-state index contributed by atoms with van der Waals surface area (Å²) >= 11 is 0. The van der Waals surface area contributed by atoms with E-state index in [0.29, 0.717) is 0 Å². The van der Waals surface area contributed by atoms with E-state index in [2.05, 4.69) is 11.9 Å². The first-order valence-corrected chi connectivity index (χ1v) is 8.28. The van der Waals surface area contributed by atoms with Gasteiger partial charge in [0.1, 0.15) is 0 Å². The molecule has 0 N–H and O–H groups in total. The molecule has 1 atom stereocenters. The maximum Gasteiger partial charge on any atom is 0.494 e. The van der Waals surface area contributed by atoms with Crippen molar-refractivity contribution in [2.24, 2.45) is 0 Å². The molecule has 2 aliphatic heterocycles. The molecule has 2 fully saturated rings. The van der Waals surface area contributed by atoms with Crippen LogP contribution < -0.4 is 5.46 Å². The molecule has 1 aromatic carbocycles. The Morgan fingerprint density at radius 1 is 1.17 bits per heavy atom. The number of hydrogen-bond acceptors (Lipinski definition) is 4. The largest absolute Gasteiger partial charge is 0.494 e. The van der Waals surface area contributed by atoms with Crippen LogP contribution in [0.5, 0.6) is 0 Å². The molecule has 1 unspecified atom stereocenters. The van der Waals surface area contributed by atoms with Crippen LogP contribution in [0.25, 0.3) is 0 Å². The van der Waals surface area contributed by atoms with E-state index in [9.17, 15) is 4.79 Å². The number of piperazine rings is 1. The second kappa shape index (κ2) is 6.26. The summed E-state index contributed by atoms with van der Waals surface area (Å²) in [6.45, 7) is 9.52. The SMILES string of the molecule is CC1OB(c2ccc(C(=O)N3CCN(C)CC3)cc2)OC1(C)C. The van der Waals surface area contributed by atoms with Gasteiger partial charge in [0.25, 0.3) is 5.91 Å². The molecule has 0 aliphatic carbocycles. The summed E-state index contributed by atoms with van der Waals surface area (Å²) in [4.78, 5) is 16.7. The first kappa shape index (κ1) is 16.5. The molecule has 0 saturated carbocycles. The van der Waals surface area contributed by atoms with Gasteiger partial charge in [-0.1, -0.05) is 12.1 Å². The number of hydrogen-bond donors (Lipinski definition) is 0. The van der Waals surface area contributed by atoms with Crippen LogP contribution in [0.1, 0.15) is 31.1 Å². The van der Waals surface area contributed by atoms with Crippen LogP contribution in [0.4, 0.5) is 0 Å². The van der Waals surface area contributed by atoms with Gasteiger partial charge in [-0.2, -0.15) is 0 Å². The first-order valence-electron chi connectivity index (χ1n) is 8.28. The van der Waals surface area contributed by atoms with E-state index in [0.717, 1.165) is 37.2 Å². The van der Waals surface area contributed by atoms with Gasteiger partial charge in [0.15, 0.2) is 0 Å². The second-order valence-corrected chi connectivity index (χ2v) is 7.05. The molecule has 2 heterocycles. The van der Waals surface area contributed by atoms with Gasteiger partial charge >= 0.3 is 7.12 Å². The Morgan fingerprint density at radius 2 is 1.78 bits per heavy atom. The third kappa shape index (κ3) is 3.44. The Kier molecular flexibility index (Phi) is 4.49. The van der Waals surface area contributed by atoms with Crippen LogP contribution in [0.2, 0.25) is 0 Å². The minimum absolute atomic E-state index is 0.0409. The molecule has 0 spiro atoms. The van der Waals surface area contributed by atoms with Crippen LogP contribution in [0.3, 0.4) is 0 Å². The molecule has 2 aliphatic rings. The van der Waals surface area contributed by atoms with Crippen LogP contribution >= 0.6 is 0 Å². The van der Waals surface area contributed by atoms with E-state index < -0.39 is 0 Å². The van der Waals surface area contributed by atoms with Crippen LogP contribution in [0, 0.1) is 0 Å². The van der Waals surface area contributed by atoms with E-state index in [4.69, 9.17) is 9.31 Å². The van der Waals surface area contributed by atoms with E-state index in [1.54, 1.807) is 0 Å². The maximum absolute atomic E-state index is 12.5. The molecule has 6 heteroatoms. The summed E-state index contributed by atoms with van der Waals surface area (Å²) in [5, 5.41) is 0. The molecule has 5 nitrogen and oxygen atoms in total. The monoisotopic (exact) mass is 316 g/mol. The third-order valence-corrected chi connectivity index (χ3v) is 4.94. The minimum atomic E-state index is -0.354. The van der Waals surface area contributed by atoms with E-state index in [-0.39, 0.29) is 24.7 Å². The van der Waals surface area contributed by atoms with Crippen molar-refractivity contribution in [2.75, 3.05) is 33.2 Å². The second-order valence-electron chi connectivity index (χ2n) is 7.05.